The Kier molecular flexibility index (Phi) is 11.1. The van der Waals surface area contributed by atoms with E-state index in [1.165, 1.54) is 0 Å². The number of benzene rings is 2. The number of rotatable bonds is 14. The highest BCUT2D eigenvalue weighted by molar-refractivity contribution is 6.16. The lowest BCUT2D eigenvalue weighted by molar-refractivity contribution is -0.222. The molecule has 1 unspecified atom stereocenters. The third-order valence-electron chi connectivity index (χ3n) is 6.87. The summed E-state index contributed by atoms with van der Waals surface area (Å²) in [6, 6.07) is 15.8. The minimum absolute atomic E-state index is 0.00463. The van der Waals surface area contributed by atoms with E-state index in [0.717, 1.165) is 48.4 Å². The molecule has 1 aliphatic rings. The molecule has 0 bridgehead atoms. The number of nitrogens with zero attached hydrogens (tertiary/aromatic N) is 2. The first-order chi connectivity index (χ1) is 19.4. The number of carbonyl (C=O) groups excluding carboxylic acids is 2. The van der Waals surface area contributed by atoms with E-state index in [4.69, 9.17) is 14.2 Å². The second-order valence-electron chi connectivity index (χ2n) is 11.8. The van der Waals surface area contributed by atoms with Crippen LogP contribution in [-0.4, -0.2) is 49.4 Å². The number of esters is 2. The molecule has 1 atom stereocenters. The van der Waals surface area contributed by atoms with E-state index in [1.807, 2.05) is 67.5 Å². The lowest BCUT2D eigenvalue weighted by Gasteiger charge is -2.37. The van der Waals surface area contributed by atoms with Crippen molar-refractivity contribution in [2.24, 2.45) is 5.92 Å². The summed E-state index contributed by atoms with van der Waals surface area (Å²) in [5, 5.41) is 3.40. The van der Waals surface area contributed by atoms with Crippen molar-refractivity contribution in [3.8, 4) is 5.75 Å². The second-order valence-corrected chi connectivity index (χ2v) is 11.8. The van der Waals surface area contributed by atoms with Gasteiger partial charge in [-0.2, -0.15) is 0 Å². The number of ether oxygens (including phenoxy) is 3. The SMILES string of the molecule is CCCCCC(C)N(Cc1ccc(OCC(C)C)cc1)C(Nc1ccc(N(C)C)cc1)=C1C(=O)OC(C)(C)OC1=O. The van der Waals surface area contributed by atoms with Gasteiger partial charge in [-0.1, -0.05) is 52.2 Å². The van der Waals surface area contributed by atoms with Gasteiger partial charge in [-0.25, -0.2) is 9.59 Å². The minimum Gasteiger partial charge on any atom is -0.493 e. The van der Waals surface area contributed by atoms with Crippen LogP contribution in [-0.2, 0) is 25.6 Å². The highest BCUT2D eigenvalue weighted by Crippen LogP contribution is 2.30. The second kappa shape index (κ2) is 14.3. The number of hydrogen-bond donors (Lipinski definition) is 1. The Morgan fingerprint density at radius 2 is 1.54 bits per heavy atom. The zero-order valence-electron chi connectivity index (χ0n) is 26.0. The predicted octanol–water partition coefficient (Wildman–Crippen LogP) is 6.72. The minimum atomic E-state index is -1.33. The van der Waals surface area contributed by atoms with E-state index >= 15 is 0 Å². The van der Waals surface area contributed by atoms with E-state index < -0.39 is 17.7 Å². The van der Waals surface area contributed by atoms with Crippen LogP contribution in [0.5, 0.6) is 5.75 Å². The maximum atomic E-state index is 13.3. The summed E-state index contributed by atoms with van der Waals surface area (Å²) >= 11 is 0. The standard InChI is InChI=1S/C33H47N3O5/c1-9-10-11-12-24(4)36(21-25-13-19-28(20-14-25)39-22-23(2)3)30(29-31(37)40-33(5,6)41-32(29)38)34-26-15-17-27(18-16-26)35(7)8/h13-20,23-24,34H,9-12,21-22H2,1-8H3. The first-order valence-electron chi connectivity index (χ1n) is 14.6. The molecule has 3 rings (SSSR count). The third-order valence-corrected chi connectivity index (χ3v) is 6.87. The molecule has 1 saturated heterocycles. The van der Waals surface area contributed by atoms with Gasteiger partial charge in [-0.15, -0.1) is 0 Å². The maximum absolute atomic E-state index is 13.3. The molecule has 0 radical (unpaired) electrons. The van der Waals surface area contributed by atoms with Crippen LogP contribution >= 0.6 is 0 Å². The van der Waals surface area contributed by atoms with Gasteiger partial charge in [0.1, 0.15) is 11.6 Å². The van der Waals surface area contributed by atoms with Crippen LogP contribution < -0.4 is 15.0 Å². The van der Waals surface area contributed by atoms with Crippen molar-refractivity contribution in [1.29, 1.82) is 0 Å². The molecule has 1 fully saturated rings. The van der Waals surface area contributed by atoms with Crippen LogP contribution in [0, 0.1) is 5.92 Å². The molecule has 41 heavy (non-hydrogen) atoms. The van der Waals surface area contributed by atoms with Crippen molar-refractivity contribution >= 4 is 23.3 Å². The summed E-state index contributed by atoms with van der Waals surface area (Å²) in [6.07, 6.45) is 4.11. The number of carbonyl (C=O) groups is 2. The third kappa shape index (κ3) is 9.17. The molecule has 2 aromatic rings. The molecular formula is C33H47N3O5. The van der Waals surface area contributed by atoms with Crippen molar-refractivity contribution in [2.75, 3.05) is 30.9 Å². The van der Waals surface area contributed by atoms with Crippen molar-refractivity contribution in [2.45, 2.75) is 85.6 Å². The van der Waals surface area contributed by atoms with E-state index in [0.29, 0.717) is 24.9 Å². The Balaban J connectivity index is 2.05. The van der Waals surface area contributed by atoms with Crippen LogP contribution in [0.25, 0.3) is 0 Å². The van der Waals surface area contributed by atoms with Crippen molar-refractivity contribution in [3.63, 3.8) is 0 Å². The van der Waals surface area contributed by atoms with Crippen LogP contribution in [0.2, 0.25) is 0 Å². The molecular weight excluding hydrogens is 518 g/mol. The van der Waals surface area contributed by atoms with E-state index in [2.05, 4.69) is 37.9 Å². The molecule has 0 aromatic heterocycles. The molecule has 1 aliphatic heterocycles. The van der Waals surface area contributed by atoms with Gasteiger partial charge >= 0.3 is 11.9 Å². The maximum Gasteiger partial charge on any atom is 0.352 e. The largest absolute Gasteiger partial charge is 0.493 e. The van der Waals surface area contributed by atoms with Gasteiger partial charge in [0.25, 0.3) is 5.79 Å². The van der Waals surface area contributed by atoms with Gasteiger partial charge in [0.05, 0.1) is 6.61 Å². The predicted molar refractivity (Wildman–Crippen MR) is 164 cm³/mol. The average molecular weight is 566 g/mol. The van der Waals surface area contributed by atoms with E-state index in [-0.39, 0.29) is 11.6 Å². The molecule has 8 heteroatoms. The fourth-order valence-corrected chi connectivity index (χ4v) is 4.56. The smallest absolute Gasteiger partial charge is 0.352 e. The average Bonchev–Trinajstić information content (AvgIpc) is 2.90. The zero-order valence-corrected chi connectivity index (χ0v) is 26.0. The van der Waals surface area contributed by atoms with Crippen LogP contribution in [0.3, 0.4) is 0 Å². The monoisotopic (exact) mass is 565 g/mol. The molecule has 2 aromatic carbocycles. The Hall–Kier alpha value is -3.68. The summed E-state index contributed by atoms with van der Waals surface area (Å²) < 4.78 is 16.9. The summed E-state index contributed by atoms with van der Waals surface area (Å²) in [7, 11) is 3.95. The summed E-state index contributed by atoms with van der Waals surface area (Å²) in [5.41, 5.74) is 2.66. The lowest BCUT2D eigenvalue weighted by atomic mass is 10.1. The quantitative estimate of drug-likeness (QED) is 0.117. The number of hydrogen-bond acceptors (Lipinski definition) is 8. The normalized spacial score (nSPS) is 15.2. The van der Waals surface area contributed by atoms with Gasteiger partial charge in [-0.3, -0.25) is 0 Å². The van der Waals surface area contributed by atoms with E-state index in [9.17, 15) is 9.59 Å². The Morgan fingerprint density at radius 3 is 2.07 bits per heavy atom. The fourth-order valence-electron chi connectivity index (χ4n) is 4.56. The molecule has 0 aliphatic carbocycles. The van der Waals surface area contributed by atoms with Crippen LogP contribution in [0.4, 0.5) is 11.4 Å². The fraction of sp³-hybridized carbons (Fsp3) is 0.515. The topological polar surface area (TPSA) is 80.3 Å². The van der Waals surface area contributed by atoms with Crippen molar-refractivity contribution < 1.29 is 23.8 Å². The molecule has 1 N–H and O–H groups in total. The number of anilines is 2. The Bertz CT molecular complexity index is 1160. The van der Waals surface area contributed by atoms with Gasteiger partial charge in [0, 0.05) is 51.9 Å². The molecule has 1 heterocycles. The summed E-state index contributed by atoms with van der Waals surface area (Å²) in [6.45, 7) is 12.7. The first-order valence-corrected chi connectivity index (χ1v) is 14.6. The Morgan fingerprint density at radius 1 is 0.927 bits per heavy atom. The van der Waals surface area contributed by atoms with Crippen molar-refractivity contribution in [3.05, 3.63) is 65.5 Å². The Labute approximate surface area is 245 Å². The van der Waals surface area contributed by atoms with Crippen molar-refractivity contribution in [1.82, 2.24) is 4.90 Å². The van der Waals surface area contributed by atoms with E-state index in [1.54, 1.807) is 13.8 Å². The van der Waals surface area contributed by atoms with Crippen LogP contribution in [0.1, 0.15) is 72.8 Å². The molecule has 8 nitrogen and oxygen atoms in total. The zero-order chi connectivity index (χ0) is 30.2. The van der Waals surface area contributed by atoms with Gasteiger partial charge < -0.3 is 29.3 Å². The molecule has 0 spiro atoms. The van der Waals surface area contributed by atoms with Gasteiger partial charge in [0.15, 0.2) is 5.57 Å². The number of cyclic esters (lactones) is 2. The summed E-state index contributed by atoms with van der Waals surface area (Å²) in [4.78, 5) is 30.8. The highest BCUT2D eigenvalue weighted by atomic mass is 16.7. The van der Waals surface area contributed by atoms with Gasteiger partial charge in [0.2, 0.25) is 0 Å². The number of unbranched alkanes of at least 4 members (excludes halogenated alkanes) is 2. The molecule has 0 amide bonds. The summed E-state index contributed by atoms with van der Waals surface area (Å²) in [5.74, 6) is -1.13. The first kappa shape index (κ1) is 31.8. The molecule has 0 saturated carbocycles. The molecule has 224 valence electrons. The lowest BCUT2D eigenvalue weighted by Crippen LogP contribution is -2.45. The van der Waals surface area contributed by atoms with Crippen LogP contribution in [0.15, 0.2) is 59.9 Å². The highest BCUT2D eigenvalue weighted by Gasteiger charge is 2.42. The number of nitrogens with one attached hydrogen (secondary N) is 1. The van der Waals surface area contributed by atoms with Gasteiger partial charge in [-0.05, 0) is 61.2 Å².